The quantitative estimate of drug-likeness (QED) is 0.537. The van der Waals surface area contributed by atoms with Crippen molar-refractivity contribution in [3.8, 4) is 34.0 Å². The third-order valence-corrected chi connectivity index (χ3v) is 6.38. The SMILES string of the molecule is COc1ccncc1-c1cc2c(-c3ccc4c(c3)OCC3CN(C)CCN43)n[nH]c2cn1. The first-order valence-corrected chi connectivity index (χ1v) is 10.8. The van der Waals surface area contributed by atoms with Crippen molar-refractivity contribution in [3.63, 3.8) is 0 Å². The third kappa shape index (κ3) is 3.06. The van der Waals surface area contributed by atoms with E-state index in [1.807, 2.05) is 12.1 Å². The van der Waals surface area contributed by atoms with Crippen LogP contribution >= 0.6 is 0 Å². The highest BCUT2D eigenvalue weighted by Gasteiger charge is 2.32. The Morgan fingerprint density at radius 2 is 2.09 bits per heavy atom. The lowest BCUT2D eigenvalue weighted by Crippen LogP contribution is -2.56. The first-order chi connectivity index (χ1) is 15.7. The van der Waals surface area contributed by atoms with Crippen molar-refractivity contribution in [3.05, 3.63) is 48.9 Å². The molecule has 0 radical (unpaired) electrons. The summed E-state index contributed by atoms with van der Waals surface area (Å²) in [6.07, 6.45) is 5.28. The van der Waals surface area contributed by atoms with Gasteiger partial charge in [0.1, 0.15) is 23.8 Å². The number of hydrogen-bond donors (Lipinski definition) is 1. The number of H-pyrrole nitrogens is 1. The lowest BCUT2D eigenvalue weighted by molar-refractivity contribution is 0.188. The van der Waals surface area contributed by atoms with Crippen molar-refractivity contribution < 1.29 is 9.47 Å². The molecule has 162 valence electrons. The highest BCUT2D eigenvalue weighted by atomic mass is 16.5. The van der Waals surface area contributed by atoms with Crippen LogP contribution in [0.3, 0.4) is 0 Å². The first-order valence-electron chi connectivity index (χ1n) is 10.8. The van der Waals surface area contributed by atoms with Gasteiger partial charge < -0.3 is 19.3 Å². The molecule has 3 aromatic heterocycles. The van der Waals surface area contributed by atoms with E-state index >= 15 is 0 Å². The van der Waals surface area contributed by atoms with Crippen molar-refractivity contribution in [2.75, 3.05) is 45.3 Å². The molecule has 0 saturated carbocycles. The molecule has 1 aromatic carbocycles. The molecule has 1 unspecified atom stereocenters. The molecule has 32 heavy (non-hydrogen) atoms. The maximum atomic E-state index is 6.17. The van der Waals surface area contributed by atoms with Crippen LogP contribution in [0.5, 0.6) is 11.5 Å². The van der Waals surface area contributed by atoms with E-state index in [0.717, 1.165) is 64.6 Å². The number of methoxy groups -OCH3 is 1. The number of piperazine rings is 1. The predicted octanol–water partition coefficient (Wildman–Crippen LogP) is 3.21. The zero-order valence-corrected chi connectivity index (χ0v) is 18.1. The molecule has 1 fully saturated rings. The Balaban J connectivity index is 1.40. The van der Waals surface area contributed by atoms with E-state index in [1.165, 1.54) is 5.69 Å². The van der Waals surface area contributed by atoms with Crippen LogP contribution in [0.15, 0.2) is 48.9 Å². The number of anilines is 1. The lowest BCUT2D eigenvalue weighted by Gasteiger charge is -2.44. The van der Waals surface area contributed by atoms with Crippen molar-refractivity contribution in [1.29, 1.82) is 0 Å². The van der Waals surface area contributed by atoms with Crippen molar-refractivity contribution in [1.82, 2.24) is 25.1 Å². The molecule has 2 aliphatic heterocycles. The predicted molar refractivity (Wildman–Crippen MR) is 123 cm³/mol. The molecule has 0 spiro atoms. The number of ether oxygens (including phenoxy) is 2. The van der Waals surface area contributed by atoms with E-state index in [0.29, 0.717) is 12.6 Å². The van der Waals surface area contributed by atoms with Gasteiger partial charge in [-0.2, -0.15) is 5.10 Å². The van der Waals surface area contributed by atoms with E-state index in [9.17, 15) is 0 Å². The van der Waals surface area contributed by atoms with Crippen LogP contribution in [-0.4, -0.2) is 71.5 Å². The Kier molecular flexibility index (Phi) is 4.46. The summed E-state index contributed by atoms with van der Waals surface area (Å²) < 4.78 is 11.7. The topological polar surface area (TPSA) is 79.4 Å². The number of aromatic amines is 1. The maximum Gasteiger partial charge on any atom is 0.143 e. The van der Waals surface area contributed by atoms with Crippen LogP contribution in [0.2, 0.25) is 0 Å². The normalized spacial score (nSPS) is 18.2. The molecule has 0 bridgehead atoms. The Bertz CT molecular complexity index is 1300. The fourth-order valence-electron chi connectivity index (χ4n) is 4.71. The highest BCUT2D eigenvalue weighted by Crippen LogP contribution is 2.39. The van der Waals surface area contributed by atoms with Gasteiger partial charge in [-0.05, 0) is 31.3 Å². The molecule has 0 amide bonds. The van der Waals surface area contributed by atoms with Gasteiger partial charge in [0, 0.05) is 43.0 Å². The second-order valence-electron chi connectivity index (χ2n) is 8.37. The molecule has 1 saturated heterocycles. The van der Waals surface area contributed by atoms with Gasteiger partial charge in [0.05, 0.1) is 41.8 Å². The van der Waals surface area contributed by atoms with Crippen LogP contribution in [0, 0.1) is 0 Å². The number of pyridine rings is 2. The van der Waals surface area contributed by atoms with Crippen LogP contribution in [0.25, 0.3) is 33.4 Å². The molecule has 2 aliphatic rings. The first kappa shape index (κ1) is 19.1. The Morgan fingerprint density at radius 3 is 3.00 bits per heavy atom. The number of likely N-dealkylation sites (N-methyl/N-ethyl adjacent to an activating group) is 1. The summed E-state index contributed by atoms with van der Waals surface area (Å²) in [5, 5.41) is 8.70. The van der Waals surface area contributed by atoms with Gasteiger partial charge in [0.25, 0.3) is 0 Å². The van der Waals surface area contributed by atoms with Gasteiger partial charge in [0.2, 0.25) is 0 Å². The third-order valence-electron chi connectivity index (χ3n) is 6.38. The summed E-state index contributed by atoms with van der Waals surface area (Å²) in [5.74, 6) is 1.66. The van der Waals surface area contributed by atoms with Gasteiger partial charge in [-0.25, -0.2) is 0 Å². The molecule has 1 N–H and O–H groups in total. The van der Waals surface area contributed by atoms with E-state index in [4.69, 9.17) is 9.47 Å². The summed E-state index contributed by atoms with van der Waals surface area (Å²) in [7, 11) is 3.82. The van der Waals surface area contributed by atoms with Crippen LogP contribution < -0.4 is 14.4 Å². The molecule has 0 aliphatic carbocycles. The van der Waals surface area contributed by atoms with Crippen molar-refractivity contribution in [2.45, 2.75) is 6.04 Å². The van der Waals surface area contributed by atoms with Crippen LogP contribution in [-0.2, 0) is 0 Å². The maximum absolute atomic E-state index is 6.17. The van der Waals surface area contributed by atoms with E-state index in [2.05, 4.69) is 55.2 Å². The van der Waals surface area contributed by atoms with E-state index in [-0.39, 0.29) is 0 Å². The number of hydrogen-bond acceptors (Lipinski definition) is 7. The minimum Gasteiger partial charge on any atom is -0.496 e. The molecule has 5 heterocycles. The monoisotopic (exact) mass is 428 g/mol. The zero-order valence-electron chi connectivity index (χ0n) is 18.1. The highest BCUT2D eigenvalue weighted by molar-refractivity contribution is 5.95. The zero-order chi connectivity index (χ0) is 21.7. The summed E-state index contributed by atoms with van der Waals surface area (Å²) in [6, 6.07) is 10.7. The van der Waals surface area contributed by atoms with E-state index in [1.54, 1.807) is 25.7 Å². The average molecular weight is 428 g/mol. The largest absolute Gasteiger partial charge is 0.496 e. The van der Waals surface area contributed by atoms with Gasteiger partial charge in [-0.1, -0.05) is 6.07 Å². The summed E-state index contributed by atoms with van der Waals surface area (Å²) in [4.78, 5) is 13.7. The Labute approximate surface area is 185 Å². The number of nitrogens with one attached hydrogen (secondary N) is 1. The Hall–Kier alpha value is -3.65. The minimum absolute atomic E-state index is 0.404. The lowest BCUT2D eigenvalue weighted by atomic mass is 10.0. The standard InChI is InChI=1S/C24H24N6O2/c1-29-7-8-30-16(13-29)14-32-23-9-15(3-4-21(23)30)24-17-10-19(26-12-20(17)27-28-24)18-11-25-6-5-22(18)31-2/h3-6,9-12,16H,7-8,13-14H2,1-2H3,(H,27,28). The number of aromatic nitrogens is 4. The number of benzene rings is 1. The Morgan fingerprint density at radius 1 is 1.16 bits per heavy atom. The molecular weight excluding hydrogens is 404 g/mol. The molecule has 1 atom stereocenters. The fourth-order valence-corrected chi connectivity index (χ4v) is 4.71. The number of fused-ring (bicyclic) bond motifs is 4. The van der Waals surface area contributed by atoms with E-state index < -0.39 is 0 Å². The number of rotatable bonds is 3. The second kappa shape index (κ2) is 7.49. The smallest absolute Gasteiger partial charge is 0.143 e. The summed E-state index contributed by atoms with van der Waals surface area (Å²) >= 11 is 0. The molecular formula is C24H24N6O2. The van der Waals surface area contributed by atoms with Gasteiger partial charge >= 0.3 is 0 Å². The van der Waals surface area contributed by atoms with Gasteiger partial charge in [0.15, 0.2) is 0 Å². The average Bonchev–Trinajstić information content (AvgIpc) is 3.26. The van der Waals surface area contributed by atoms with Gasteiger partial charge in [-0.15, -0.1) is 0 Å². The summed E-state index contributed by atoms with van der Waals surface area (Å²) in [5.41, 5.74) is 5.57. The molecule has 4 aromatic rings. The minimum atomic E-state index is 0.404. The number of nitrogens with zero attached hydrogens (tertiary/aromatic N) is 5. The van der Waals surface area contributed by atoms with Crippen LogP contribution in [0.1, 0.15) is 0 Å². The fraction of sp³-hybridized carbons (Fsp3) is 0.292. The second-order valence-corrected chi connectivity index (χ2v) is 8.37. The van der Waals surface area contributed by atoms with Gasteiger partial charge in [-0.3, -0.25) is 15.1 Å². The molecule has 8 nitrogen and oxygen atoms in total. The summed E-state index contributed by atoms with van der Waals surface area (Å²) in [6.45, 7) is 3.81. The molecule has 8 heteroatoms. The van der Waals surface area contributed by atoms with Crippen LogP contribution in [0.4, 0.5) is 5.69 Å². The van der Waals surface area contributed by atoms with Crippen molar-refractivity contribution >= 4 is 16.6 Å². The molecule has 6 rings (SSSR count). The van der Waals surface area contributed by atoms with Crippen molar-refractivity contribution in [2.24, 2.45) is 0 Å².